The second kappa shape index (κ2) is 5.63. The fraction of sp³-hybridized carbons (Fsp3) is 0.0909. The van der Waals surface area contributed by atoms with Crippen molar-refractivity contribution >= 4 is 23.5 Å². The van der Waals surface area contributed by atoms with Crippen molar-refractivity contribution in [3.63, 3.8) is 0 Å². The second-order valence-electron chi connectivity index (χ2n) is 3.64. The maximum atomic E-state index is 11.6. The molecule has 0 bridgehead atoms. The van der Waals surface area contributed by atoms with Crippen molar-refractivity contribution < 1.29 is 14.7 Å². The van der Waals surface area contributed by atoms with Crippen molar-refractivity contribution in [1.29, 1.82) is 0 Å². The minimum Gasteiger partial charge on any atom is -0.480 e. The van der Waals surface area contributed by atoms with Crippen LogP contribution in [-0.2, 0) is 11.3 Å². The van der Waals surface area contributed by atoms with Gasteiger partial charge in [0.25, 0.3) is 0 Å². The molecule has 1 aromatic heterocycles. The molecular formula is C11H11N5O3. The van der Waals surface area contributed by atoms with Gasteiger partial charge in [0, 0.05) is 5.69 Å². The van der Waals surface area contributed by atoms with Crippen molar-refractivity contribution in [2.24, 2.45) is 0 Å². The molecule has 19 heavy (non-hydrogen) atoms. The summed E-state index contributed by atoms with van der Waals surface area (Å²) >= 11 is 0. The summed E-state index contributed by atoms with van der Waals surface area (Å²) in [4.78, 5) is 22.1. The lowest BCUT2D eigenvalue weighted by Crippen LogP contribution is -2.19. The van der Waals surface area contributed by atoms with Crippen LogP contribution < -0.4 is 10.6 Å². The molecule has 2 rings (SSSR count). The lowest BCUT2D eigenvalue weighted by molar-refractivity contribution is -0.137. The molecule has 0 spiro atoms. The molecular weight excluding hydrogens is 250 g/mol. The first-order valence-electron chi connectivity index (χ1n) is 5.38. The Balaban J connectivity index is 1.92. The molecule has 0 radical (unpaired) electrons. The zero-order valence-electron chi connectivity index (χ0n) is 9.78. The molecule has 3 N–H and O–H groups in total. The number of carboxylic acid groups (broad SMARTS) is 1. The number of benzene rings is 1. The third-order valence-electron chi connectivity index (χ3n) is 2.11. The Hall–Kier alpha value is -2.90. The smallest absolute Gasteiger partial charge is 0.325 e. The van der Waals surface area contributed by atoms with Crippen molar-refractivity contribution in [1.82, 2.24) is 15.0 Å². The number of carbonyl (C=O) groups excluding carboxylic acids is 1. The van der Waals surface area contributed by atoms with Gasteiger partial charge in [-0.1, -0.05) is 23.4 Å². The van der Waals surface area contributed by atoms with Gasteiger partial charge < -0.3 is 10.4 Å². The number of nitrogens with zero attached hydrogens (tertiary/aromatic N) is 3. The summed E-state index contributed by atoms with van der Waals surface area (Å²) in [5.41, 5.74) is 0.637. The number of aliphatic carboxylic acids is 1. The minimum atomic E-state index is -1.04. The van der Waals surface area contributed by atoms with Crippen LogP contribution >= 0.6 is 0 Å². The van der Waals surface area contributed by atoms with Crippen LogP contribution in [0.2, 0.25) is 0 Å². The molecule has 8 nitrogen and oxygen atoms in total. The summed E-state index contributed by atoms with van der Waals surface area (Å²) in [6, 6.07) is 8.41. The molecule has 2 aromatic rings. The van der Waals surface area contributed by atoms with Crippen LogP contribution in [0.4, 0.5) is 16.3 Å². The number of amides is 2. The van der Waals surface area contributed by atoms with Crippen LogP contribution in [0.5, 0.6) is 0 Å². The number of urea groups is 1. The Bertz CT molecular complexity index is 581. The number of hydrogen-bond donors (Lipinski definition) is 3. The molecule has 0 unspecified atom stereocenters. The molecule has 8 heteroatoms. The number of aromatic nitrogens is 3. The Morgan fingerprint density at radius 1 is 1.21 bits per heavy atom. The SMILES string of the molecule is O=C(O)Cn1cc(NC(=O)Nc2ccccc2)nn1. The number of nitrogens with one attached hydrogen (secondary N) is 2. The quantitative estimate of drug-likeness (QED) is 0.760. The van der Waals surface area contributed by atoms with Gasteiger partial charge in [-0.3, -0.25) is 10.1 Å². The van der Waals surface area contributed by atoms with Gasteiger partial charge in [0.1, 0.15) is 6.54 Å². The third-order valence-corrected chi connectivity index (χ3v) is 2.11. The van der Waals surface area contributed by atoms with Crippen LogP contribution in [0.25, 0.3) is 0 Å². The number of anilines is 2. The fourth-order valence-electron chi connectivity index (χ4n) is 1.37. The highest BCUT2D eigenvalue weighted by atomic mass is 16.4. The van der Waals surface area contributed by atoms with Crippen molar-refractivity contribution in [2.75, 3.05) is 10.6 Å². The second-order valence-corrected chi connectivity index (χ2v) is 3.64. The zero-order chi connectivity index (χ0) is 13.7. The first kappa shape index (κ1) is 12.6. The van der Waals surface area contributed by atoms with Crippen molar-refractivity contribution in [2.45, 2.75) is 6.54 Å². The number of rotatable bonds is 4. The van der Waals surface area contributed by atoms with E-state index in [4.69, 9.17) is 5.11 Å². The fourth-order valence-corrected chi connectivity index (χ4v) is 1.37. The highest BCUT2D eigenvalue weighted by Gasteiger charge is 2.07. The van der Waals surface area contributed by atoms with E-state index in [9.17, 15) is 9.59 Å². The summed E-state index contributed by atoms with van der Waals surface area (Å²) in [7, 11) is 0. The monoisotopic (exact) mass is 261 g/mol. The molecule has 98 valence electrons. The molecule has 2 amide bonds. The summed E-state index contributed by atoms with van der Waals surface area (Å²) in [6.07, 6.45) is 1.33. The maximum absolute atomic E-state index is 11.6. The van der Waals surface area contributed by atoms with E-state index in [0.717, 1.165) is 4.68 Å². The van der Waals surface area contributed by atoms with Gasteiger partial charge in [-0.15, -0.1) is 5.10 Å². The number of hydrogen-bond acceptors (Lipinski definition) is 4. The average molecular weight is 261 g/mol. The largest absolute Gasteiger partial charge is 0.480 e. The van der Waals surface area contributed by atoms with E-state index in [1.165, 1.54) is 6.20 Å². The number of carbonyl (C=O) groups is 2. The highest BCUT2D eigenvalue weighted by molar-refractivity contribution is 5.98. The Labute approximate surface area is 108 Å². The molecule has 0 saturated carbocycles. The van der Waals surface area contributed by atoms with Crippen LogP contribution in [0.3, 0.4) is 0 Å². The Morgan fingerprint density at radius 2 is 1.95 bits per heavy atom. The van der Waals surface area contributed by atoms with Crippen LogP contribution in [0.1, 0.15) is 0 Å². The maximum Gasteiger partial charge on any atom is 0.325 e. The summed E-state index contributed by atoms with van der Waals surface area (Å²) in [5.74, 6) is -0.861. The molecule has 0 fully saturated rings. The van der Waals surface area contributed by atoms with E-state index in [1.54, 1.807) is 24.3 Å². The van der Waals surface area contributed by atoms with E-state index in [-0.39, 0.29) is 12.4 Å². The molecule has 0 aliphatic rings. The van der Waals surface area contributed by atoms with Gasteiger partial charge in [0.05, 0.1) is 6.20 Å². The van der Waals surface area contributed by atoms with E-state index >= 15 is 0 Å². The molecule has 0 aliphatic heterocycles. The summed E-state index contributed by atoms with van der Waals surface area (Å²) < 4.78 is 1.11. The molecule has 0 aliphatic carbocycles. The third kappa shape index (κ3) is 3.80. The Morgan fingerprint density at radius 3 is 2.63 bits per heavy atom. The normalized spacial score (nSPS) is 9.89. The minimum absolute atomic E-state index is 0.176. The van der Waals surface area contributed by atoms with Gasteiger partial charge in [-0.25, -0.2) is 9.48 Å². The van der Waals surface area contributed by atoms with Crippen LogP contribution in [0.15, 0.2) is 36.5 Å². The lowest BCUT2D eigenvalue weighted by Gasteiger charge is -2.04. The van der Waals surface area contributed by atoms with Gasteiger partial charge >= 0.3 is 12.0 Å². The number of carboxylic acids is 1. The molecule has 0 saturated heterocycles. The predicted octanol–water partition coefficient (Wildman–Crippen LogP) is 1.01. The standard InChI is InChI=1S/C11H11N5O3/c17-10(18)7-16-6-9(14-15-16)13-11(19)12-8-4-2-1-3-5-8/h1-6H,7H2,(H,17,18)(H2,12,13,19). The van der Waals surface area contributed by atoms with Gasteiger partial charge in [0.2, 0.25) is 0 Å². The van der Waals surface area contributed by atoms with Crippen LogP contribution in [0, 0.1) is 0 Å². The van der Waals surface area contributed by atoms with Gasteiger partial charge in [-0.05, 0) is 12.1 Å². The molecule has 0 atom stereocenters. The predicted molar refractivity (Wildman–Crippen MR) is 66.7 cm³/mol. The van der Waals surface area contributed by atoms with E-state index in [1.807, 2.05) is 6.07 Å². The number of para-hydroxylation sites is 1. The van der Waals surface area contributed by atoms with Crippen LogP contribution in [-0.4, -0.2) is 32.1 Å². The van der Waals surface area contributed by atoms with E-state index in [0.29, 0.717) is 5.69 Å². The molecule has 1 aromatic carbocycles. The Kier molecular flexibility index (Phi) is 3.72. The van der Waals surface area contributed by atoms with Crippen molar-refractivity contribution in [3.05, 3.63) is 36.5 Å². The van der Waals surface area contributed by atoms with Crippen molar-refractivity contribution in [3.8, 4) is 0 Å². The van der Waals surface area contributed by atoms with Gasteiger partial charge in [0.15, 0.2) is 5.82 Å². The average Bonchev–Trinajstić information content (AvgIpc) is 2.76. The molecule has 1 heterocycles. The van der Waals surface area contributed by atoms with Gasteiger partial charge in [-0.2, -0.15) is 0 Å². The topological polar surface area (TPSA) is 109 Å². The van der Waals surface area contributed by atoms with E-state index < -0.39 is 12.0 Å². The first-order valence-corrected chi connectivity index (χ1v) is 5.38. The van der Waals surface area contributed by atoms with E-state index in [2.05, 4.69) is 20.9 Å². The lowest BCUT2D eigenvalue weighted by atomic mass is 10.3. The first-order chi connectivity index (χ1) is 9.13. The summed E-state index contributed by atoms with van der Waals surface area (Å²) in [5, 5.41) is 20.8. The highest BCUT2D eigenvalue weighted by Crippen LogP contribution is 2.06. The zero-order valence-corrected chi connectivity index (χ0v) is 9.78. The summed E-state index contributed by atoms with van der Waals surface area (Å²) in [6.45, 7) is -0.311.